The monoisotopic (exact) mass is 284 g/mol. The molecule has 0 spiro atoms. The van der Waals surface area contributed by atoms with E-state index in [-0.39, 0.29) is 29.4 Å². The Labute approximate surface area is 121 Å². The molecule has 1 amide bonds. The largest absolute Gasteiger partial charge is 0.383 e. The maximum Gasteiger partial charge on any atom is 0.241 e. The highest BCUT2D eigenvalue weighted by Gasteiger charge is 2.71. The molecule has 1 saturated carbocycles. The molecule has 4 atom stereocenters. The van der Waals surface area contributed by atoms with Crippen molar-refractivity contribution >= 4 is 5.91 Å². The minimum atomic E-state index is -0.838. The van der Waals surface area contributed by atoms with E-state index < -0.39 is 5.54 Å². The zero-order valence-electron chi connectivity index (χ0n) is 13.2. The molecule has 1 heterocycles. The number of fused-ring (bicyclic) bond motifs is 1. The van der Waals surface area contributed by atoms with Crippen LogP contribution >= 0.6 is 0 Å². The van der Waals surface area contributed by atoms with Gasteiger partial charge in [-0.15, -0.1) is 0 Å². The first-order valence-electron chi connectivity index (χ1n) is 7.47. The molecule has 2 rings (SSSR count). The zero-order valence-corrected chi connectivity index (χ0v) is 13.2. The highest BCUT2D eigenvalue weighted by Crippen LogP contribution is 2.58. The smallest absolute Gasteiger partial charge is 0.241 e. The molecule has 3 N–H and O–H groups in total. The van der Waals surface area contributed by atoms with E-state index in [0.29, 0.717) is 19.1 Å². The van der Waals surface area contributed by atoms with Crippen LogP contribution in [0.3, 0.4) is 0 Å². The average molecular weight is 284 g/mol. The molecule has 0 aromatic rings. The minimum Gasteiger partial charge on any atom is -0.383 e. The summed E-state index contributed by atoms with van der Waals surface area (Å²) in [4.78, 5) is 12.7. The van der Waals surface area contributed by atoms with Crippen molar-refractivity contribution in [1.82, 2.24) is 5.32 Å². The van der Waals surface area contributed by atoms with Gasteiger partial charge in [0.1, 0.15) is 5.54 Å². The maximum atomic E-state index is 12.7. The first-order chi connectivity index (χ1) is 9.26. The summed E-state index contributed by atoms with van der Waals surface area (Å²) in [5.41, 5.74) is 5.36. The molecule has 0 aromatic carbocycles. The fraction of sp³-hybridized carbons (Fsp3) is 0.933. The van der Waals surface area contributed by atoms with Crippen LogP contribution in [0.25, 0.3) is 0 Å². The maximum absolute atomic E-state index is 12.7. The standard InChI is InChI=1S/C15H28N2O3/c1-9(2)11(8-19-5)17-13(18)15(16)10-6-7-20-12(10)14(15,3)4/h9-12H,6-8,16H2,1-5H3,(H,17,18). The molecule has 116 valence electrons. The zero-order chi connectivity index (χ0) is 15.1. The Morgan fingerprint density at radius 2 is 2.15 bits per heavy atom. The first kappa shape index (κ1) is 15.7. The molecule has 1 aliphatic heterocycles. The number of carbonyl (C=O) groups excluding carboxylic acids is 1. The Bertz CT molecular complexity index is 383. The van der Waals surface area contributed by atoms with Crippen LogP contribution in [-0.2, 0) is 14.3 Å². The second-order valence-corrected chi connectivity index (χ2v) is 7.06. The fourth-order valence-electron chi connectivity index (χ4n) is 3.71. The van der Waals surface area contributed by atoms with E-state index in [1.807, 2.05) is 13.8 Å². The normalized spacial score (nSPS) is 36.4. The number of nitrogens with two attached hydrogens (primary N) is 1. The van der Waals surface area contributed by atoms with Gasteiger partial charge in [-0.05, 0) is 12.3 Å². The third-order valence-corrected chi connectivity index (χ3v) is 5.30. The van der Waals surface area contributed by atoms with E-state index in [1.165, 1.54) is 0 Å². The van der Waals surface area contributed by atoms with Crippen LogP contribution in [0.15, 0.2) is 0 Å². The van der Waals surface area contributed by atoms with Crippen LogP contribution in [0.5, 0.6) is 0 Å². The van der Waals surface area contributed by atoms with Crippen LogP contribution in [0.1, 0.15) is 34.1 Å². The van der Waals surface area contributed by atoms with E-state index in [1.54, 1.807) is 7.11 Å². The summed E-state index contributed by atoms with van der Waals surface area (Å²) in [5, 5.41) is 3.08. The molecule has 1 aliphatic carbocycles. The van der Waals surface area contributed by atoms with Gasteiger partial charge in [0.05, 0.1) is 18.8 Å². The van der Waals surface area contributed by atoms with Crippen molar-refractivity contribution in [2.45, 2.75) is 51.8 Å². The summed E-state index contributed by atoms with van der Waals surface area (Å²) in [6.45, 7) is 9.40. The second kappa shape index (κ2) is 5.28. The number of hydrogen-bond donors (Lipinski definition) is 2. The summed E-state index contributed by atoms with van der Waals surface area (Å²) >= 11 is 0. The van der Waals surface area contributed by atoms with Crippen molar-refractivity contribution < 1.29 is 14.3 Å². The molecule has 0 bridgehead atoms. The molecule has 20 heavy (non-hydrogen) atoms. The topological polar surface area (TPSA) is 73.6 Å². The van der Waals surface area contributed by atoms with Crippen LogP contribution in [0.4, 0.5) is 0 Å². The lowest BCUT2D eigenvalue weighted by molar-refractivity contribution is -0.176. The van der Waals surface area contributed by atoms with Gasteiger partial charge >= 0.3 is 0 Å². The van der Waals surface area contributed by atoms with Gasteiger partial charge in [0, 0.05) is 25.0 Å². The third-order valence-electron chi connectivity index (χ3n) is 5.30. The molecule has 0 radical (unpaired) electrons. The highest BCUT2D eigenvalue weighted by molar-refractivity contribution is 5.89. The van der Waals surface area contributed by atoms with Crippen molar-refractivity contribution in [3.63, 3.8) is 0 Å². The molecular formula is C15H28N2O3. The lowest BCUT2D eigenvalue weighted by Crippen LogP contribution is -2.80. The number of nitrogens with one attached hydrogen (secondary N) is 1. The molecule has 5 heteroatoms. The second-order valence-electron chi connectivity index (χ2n) is 7.06. The Morgan fingerprint density at radius 1 is 1.50 bits per heavy atom. The first-order valence-corrected chi connectivity index (χ1v) is 7.47. The van der Waals surface area contributed by atoms with E-state index in [0.717, 1.165) is 6.42 Å². The van der Waals surface area contributed by atoms with Gasteiger partial charge in [-0.2, -0.15) is 0 Å². The molecular weight excluding hydrogens is 256 g/mol. The Balaban J connectivity index is 2.11. The molecule has 0 aromatic heterocycles. The predicted octanol–water partition coefficient (Wildman–Crippen LogP) is 0.916. The van der Waals surface area contributed by atoms with Crippen molar-refractivity contribution in [3.05, 3.63) is 0 Å². The Kier molecular flexibility index (Phi) is 4.15. The van der Waals surface area contributed by atoms with Gasteiger partial charge in [-0.3, -0.25) is 4.79 Å². The van der Waals surface area contributed by atoms with Gasteiger partial charge in [-0.1, -0.05) is 27.7 Å². The lowest BCUT2D eigenvalue weighted by Gasteiger charge is -2.60. The SMILES string of the molecule is COCC(NC(=O)C1(N)C2CCOC2C1(C)C)C(C)C. The van der Waals surface area contributed by atoms with Gasteiger partial charge in [0.2, 0.25) is 5.91 Å². The summed E-state index contributed by atoms with van der Waals surface area (Å²) in [7, 11) is 1.65. The number of ether oxygens (including phenoxy) is 2. The highest BCUT2D eigenvalue weighted by atomic mass is 16.5. The lowest BCUT2D eigenvalue weighted by atomic mass is 9.48. The quantitative estimate of drug-likeness (QED) is 0.787. The van der Waals surface area contributed by atoms with Gasteiger partial charge < -0.3 is 20.5 Å². The minimum absolute atomic E-state index is 0.00917. The third kappa shape index (κ3) is 2.07. The van der Waals surface area contributed by atoms with E-state index in [4.69, 9.17) is 15.2 Å². The number of amides is 1. The van der Waals surface area contributed by atoms with Crippen molar-refractivity contribution in [2.75, 3.05) is 20.3 Å². The van der Waals surface area contributed by atoms with Gasteiger partial charge in [-0.25, -0.2) is 0 Å². The molecule has 4 unspecified atom stereocenters. The number of carbonyl (C=O) groups is 1. The van der Waals surface area contributed by atoms with Crippen LogP contribution in [0.2, 0.25) is 0 Å². The van der Waals surface area contributed by atoms with E-state index in [9.17, 15) is 4.79 Å². The molecule has 2 fully saturated rings. The molecule has 1 saturated heterocycles. The summed E-state index contributed by atoms with van der Waals surface area (Å²) in [6, 6.07) is -0.00917. The van der Waals surface area contributed by atoms with Gasteiger partial charge in [0.25, 0.3) is 0 Å². The van der Waals surface area contributed by atoms with Crippen molar-refractivity contribution in [1.29, 1.82) is 0 Å². The molecule has 2 aliphatic rings. The van der Waals surface area contributed by atoms with E-state index >= 15 is 0 Å². The van der Waals surface area contributed by atoms with Crippen LogP contribution < -0.4 is 11.1 Å². The number of hydrogen-bond acceptors (Lipinski definition) is 4. The van der Waals surface area contributed by atoms with Crippen LogP contribution in [-0.4, -0.2) is 43.9 Å². The molecule has 5 nitrogen and oxygen atoms in total. The summed E-state index contributed by atoms with van der Waals surface area (Å²) in [6.07, 6.45) is 0.979. The Hall–Kier alpha value is -0.650. The van der Waals surface area contributed by atoms with Crippen molar-refractivity contribution in [3.8, 4) is 0 Å². The number of methoxy groups -OCH3 is 1. The fourth-order valence-corrected chi connectivity index (χ4v) is 3.71. The van der Waals surface area contributed by atoms with Gasteiger partial charge in [0.15, 0.2) is 0 Å². The summed E-state index contributed by atoms with van der Waals surface area (Å²) < 4.78 is 10.9. The van der Waals surface area contributed by atoms with Crippen molar-refractivity contribution in [2.24, 2.45) is 23.0 Å². The van der Waals surface area contributed by atoms with Crippen LogP contribution in [0, 0.1) is 17.3 Å². The number of rotatable bonds is 5. The van der Waals surface area contributed by atoms with E-state index in [2.05, 4.69) is 19.2 Å². The predicted molar refractivity (Wildman–Crippen MR) is 77.2 cm³/mol. The summed E-state index contributed by atoms with van der Waals surface area (Å²) in [5.74, 6) is 0.374. The average Bonchev–Trinajstić information content (AvgIpc) is 2.84. The Morgan fingerprint density at radius 3 is 2.70 bits per heavy atom.